The third-order valence-electron chi connectivity index (χ3n) is 14.4. The number of fused-ring (bicyclic) bond motifs is 5. The normalized spacial score (nSPS) is 14.0. The lowest BCUT2D eigenvalue weighted by Gasteiger charge is -2.36. The number of furan rings is 1. The van der Waals surface area contributed by atoms with Gasteiger partial charge < -0.3 is 24.0 Å². The molecule has 0 radical (unpaired) electrons. The van der Waals surface area contributed by atoms with Crippen LogP contribution in [0, 0.1) is 0 Å². The number of nitrogens with zero attached hydrogens (tertiary/aromatic N) is 4. The monoisotopic (exact) mass is 940 g/mol. The van der Waals surface area contributed by atoms with E-state index < -0.39 is 0 Å². The Morgan fingerprint density at radius 2 is 0.822 bits per heavy atom. The molecule has 11 aromatic rings. The van der Waals surface area contributed by atoms with Crippen LogP contribution in [0.25, 0.3) is 44.5 Å². The molecule has 2 aliphatic rings. The highest BCUT2D eigenvalue weighted by Crippen LogP contribution is 2.48. The molecule has 2 aliphatic carbocycles. The number of benzene rings is 10. The molecule has 0 saturated carbocycles. The summed E-state index contributed by atoms with van der Waals surface area (Å²) < 4.78 is 7.31. The molecule has 0 spiro atoms. The van der Waals surface area contributed by atoms with E-state index in [0.717, 1.165) is 92.4 Å². The van der Waals surface area contributed by atoms with Gasteiger partial charge >= 0.3 is 0 Å². The van der Waals surface area contributed by atoms with Gasteiger partial charge in [-0.1, -0.05) is 170 Å². The van der Waals surface area contributed by atoms with Crippen molar-refractivity contribution in [2.24, 2.45) is 0 Å². The van der Waals surface area contributed by atoms with E-state index in [2.05, 4.69) is 293 Å². The Balaban J connectivity index is 0.923. The Labute approximate surface area is 426 Å². The molecular formula is C68H52N4O. The number of para-hydroxylation sites is 5. The highest BCUT2D eigenvalue weighted by Gasteiger charge is 2.26. The van der Waals surface area contributed by atoms with E-state index in [-0.39, 0.29) is 6.04 Å². The summed E-state index contributed by atoms with van der Waals surface area (Å²) in [5.41, 5.74) is 13.5. The molecule has 1 atom stereocenters. The van der Waals surface area contributed by atoms with Crippen molar-refractivity contribution in [3.8, 4) is 0 Å². The van der Waals surface area contributed by atoms with Crippen molar-refractivity contribution in [1.29, 1.82) is 0 Å². The second-order valence-corrected chi connectivity index (χ2v) is 18.7. The van der Waals surface area contributed by atoms with Gasteiger partial charge in [-0.05, 0) is 133 Å². The number of hydrogen-bond acceptors (Lipinski definition) is 5. The molecule has 5 nitrogen and oxygen atoms in total. The largest absolute Gasteiger partial charge is 0.452 e. The van der Waals surface area contributed by atoms with E-state index in [4.69, 9.17) is 4.42 Å². The van der Waals surface area contributed by atoms with Crippen molar-refractivity contribution >= 4 is 101 Å². The fourth-order valence-electron chi connectivity index (χ4n) is 11.1. The first-order chi connectivity index (χ1) is 36.2. The van der Waals surface area contributed by atoms with Gasteiger partial charge in [-0.15, -0.1) is 0 Å². The van der Waals surface area contributed by atoms with Crippen molar-refractivity contribution in [3.63, 3.8) is 0 Å². The van der Waals surface area contributed by atoms with Crippen molar-refractivity contribution in [2.45, 2.75) is 25.3 Å². The lowest BCUT2D eigenvalue weighted by molar-refractivity contribution is 0.669. The molecule has 10 aromatic carbocycles. The fourth-order valence-corrected chi connectivity index (χ4v) is 11.1. The van der Waals surface area contributed by atoms with Crippen LogP contribution in [0.5, 0.6) is 0 Å². The summed E-state index contributed by atoms with van der Waals surface area (Å²) in [5.74, 6) is 0. The average molecular weight is 941 g/mol. The van der Waals surface area contributed by atoms with Crippen LogP contribution in [0.1, 0.15) is 19.3 Å². The van der Waals surface area contributed by atoms with Crippen molar-refractivity contribution in [2.75, 3.05) is 19.6 Å². The first-order valence-corrected chi connectivity index (χ1v) is 25.3. The first-order valence-electron chi connectivity index (χ1n) is 25.3. The Morgan fingerprint density at radius 1 is 0.370 bits per heavy atom. The third kappa shape index (κ3) is 8.11. The molecule has 0 aliphatic heterocycles. The van der Waals surface area contributed by atoms with E-state index in [1.54, 1.807) is 0 Å². The lowest BCUT2D eigenvalue weighted by atomic mass is 9.99. The minimum absolute atomic E-state index is 0.216. The maximum absolute atomic E-state index is 7.31. The molecule has 350 valence electrons. The minimum Gasteiger partial charge on any atom is -0.452 e. The van der Waals surface area contributed by atoms with Gasteiger partial charge in [-0.3, -0.25) is 0 Å². The van der Waals surface area contributed by atoms with Crippen LogP contribution in [0.15, 0.2) is 271 Å². The maximum atomic E-state index is 7.31. The molecule has 1 aromatic heterocycles. The summed E-state index contributed by atoms with van der Waals surface area (Å²) in [7, 11) is 0. The van der Waals surface area contributed by atoms with Gasteiger partial charge in [-0.2, -0.15) is 0 Å². The van der Waals surface area contributed by atoms with Crippen LogP contribution in [-0.4, -0.2) is 6.04 Å². The van der Waals surface area contributed by atoms with E-state index >= 15 is 0 Å². The number of allylic oxidation sites excluding steroid dienone is 2. The zero-order valence-electron chi connectivity index (χ0n) is 40.4. The molecule has 0 amide bonds. The maximum Gasteiger partial charge on any atom is 0.159 e. The van der Waals surface area contributed by atoms with E-state index in [1.807, 2.05) is 0 Å². The quantitative estimate of drug-likeness (QED) is 0.122. The summed E-state index contributed by atoms with van der Waals surface area (Å²) in [6, 6.07) is 87.2. The number of hydrogen-bond donors (Lipinski definition) is 0. The lowest BCUT2D eigenvalue weighted by Crippen LogP contribution is -2.41. The zero-order valence-corrected chi connectivity index (χ0v) is 40.4. The van der Waals surface area contributed by atoms with E-state index in [0.29, 0.717) is 0 Å². The van der Waals surface area contributed by atoms with Crippen LogP contribution in [-0.2, 0) is 0 Å². The molecule has 1 heterocycles. The van der Waals surface area contributed by atoms with E-state index in [9.17, 15) is 0 Å². The average Bonchev–Trinajstić information content (AvgIpc) is 3.86. The molecule has 13 rings (SSSR count). The van der Waals surface area contributed by atoms with Crippen LogP contribution < -0.4 is 30.0 Å². The summed E-state index contributed by atoms with van der Waals surface area (Å²) in [6.45, 7) is 0. The molecule has 1 unspecified atom stereocenters. The van der Waals surface area contributed by atoms with Crippen LogP contribution in [0.3, 0.4) is 0 Å². The predicted molar refractivity (Wildman–Crippen MR) is 307 cm³/mol. The highest BCUT2D eigenvalue weighted by atomic mass is 16.3. The minimum atomic E-state index is 0.216. The smallest absolute Gasteiger partial charge is 0.159 e. The Bertz CT molecular complexity index is 3950. The molecule has 0 N–H and O–H groups in total. The summed E-state index contributed by atoms with van der Waals surface area (Å²) >= 11 is 0. The second kappa shape index (κ2) is 19.1. The van der Waals surface area contributed by atoms with Gasteiger partial charge in [0.05, 0.1) is 23.1 Å². The number of anilines is 10. The van der Waals surface area contributed by atoms with Gasteiger partial charge in [0.2, 0.25) is 0 Å². The second-order valence-electron chi connectivity index (χ2n) is 18.7. The zero-order chi connectivity index (χ0) is 48.5. The molecule has 5 heteroatoms. The predicted octanol–water partition coefficient (Wildman–Crippen LogP) is 17.2. The molecule has 0 fully saturated rings. The van der Waals surface area contributed by atoms with Gasteiger partial charge in [0, 0.05) is 66.9 Å². The first kappa shape index (κ1) is 43.7. The van der Waals surface area contributed by atoms with Crippen LogP contribution in [0.2, 0.25) is 0 Å². The molecular weight excluding hydrogens is 889 g/mol. The van der Waals surface area contributed by atoms with E-state index in [1.165, 1.54) is 32.6 Å². The third-order valence-corrected chi connectivity index (χ3v) is 14.4. The van der Waals surface area contributed by atoms with Crippen LogP contribution >= 0.6 is 0 Å². The summed E-state index contributed by atoms with van der Waals surface area (Å²) in [5, 5.41) is 7.12. The standard InChI is InChI=1S/C68H52N4O/c1-5-25-51(26-6-1)69(63-37-17-23-49-21-13-15-33-59(49)63)55-41-45-57(46-42-55)71(53-29-9-3-10-30-53)65-39-19-35-61-62-36-20-40-66(68(62)73-67(61)65)72(54-31-11-4-12-32-54)58-47-43-56(44-48-58)70(52-27-7-2-8-28-52)64-38-18-24-50-22-14-16-34-60(50)64/h1-17,19-27,29-37,39-48,52H,18,28,38H2. The van der Waals surface area contributed by atoms with Crippen molar-refractivity contribution in [3.05, 3.63) is 277 Å². The topological polar surface area (TPSA) is 26.1 Å². The summed E-state index contributed by atoms with van der Waals surface area (Å²) in [4.78, 5) is 9.57. The Kier molecular flexibility index (Phi) is 11.4. The SMILES string of the molecule is C1=CCC(N(C2=c3ccccc3=CCC2)c2ccc(N(c3ccccc3)c3cccc4c3oc3c(N(c5ccccc5)c5ccc(N(c6ccccc6)c6cccc7ccccc67)cc5)cccc34)cc2)C=C1. The van der Waals surface area contributed by atoms with Crippen molar-refractivity contribution in [1.82, 2.24) is 0 Å². The highest BCUT2D eigenvalue weighted by molar-refractivity contribution is 6.14. The molecule has 0 saturated heterocycles. The summed E-state index contributed by atoms with van der Waals surface area (Å²) in [6.07, 6.45) is 14.3. The Morgan fingerprint density at radius 3 is 1.40 bits per heavy atom. The Hall–Kier alpha value is -9.32. The van der Waals surface area contributed by atoms with Crippen LogP contribution in [0.4, 0.5) is 56.9 Å². The van der Waals surface area contributed by atoms with Gasteiger partial charge in [0.25, 0.3) is 0 Å². The van der Waals surface area contributed by atoms with Gasteiger partial charge in [-0.25, -0.2) is 0 Å². The molecule has 0 bridgehead atoms. The van der Waals surface area contributed by atoms with Gasteiger partial charge in [0.1, 0.15) is 0 Å². The number of rotatable bonds is 12. The fraction of sp³-hybridized carbons (Fsp3) is 0.0588. The van der Waals surface area contributed by atoms with Crippen molar-refractivity contribution < 1.29 is 4.42 Å². The molecule has 73 heavy (non-hydrogen) atoms. The van der Waals surface area contributed by atoms with Gasteiger partial charge in [0.15, 0.2) is 11.2 Å².